The SMILES string of the molecule is COc1ccc(SCCCC(=O)N(CCCN(C)C)c2nc3c(Cl)cccc3s2)cc1.Cl. The standard InChI is InChI=1S/C23H28ClN3O2S2.ClH/c1-26(2)14-6-15-27(23-25-22-19(24)7-4-8-20(22)31-23)21(28)9-5-16-30-18-12-10-17(29-3)11-13-18;/h4,7-8,10-13H,5-6,9,14-16H2,1-3H3;1H. The Bertz CT molecular complexity index is 997. The second-order valence-electron chi connectivity index (χ2n) is 7.41. The third kappa shape index (κ3) is 7.52. The summed E-state index contributed by atoms with van der Waals surface area (Å²) in [4.78, 5) is 22.9. The van der Waals surface area contributed by atoms with Crippen LogP contribution >= 0.6 is 47.1 Å². The molecule has 3 rings (SSSR count). The smallest absolute Gasteiger partial charge is 0.228 e. The van der Waals surface area contributed by atoms with Crippen molar-refractivity contribution in [2.45, 2.75) is 24.2 Å². The third-order valence-electron chi connectivity index (χ3n) is 4.74. The summed E-state index contributed by atoms with van der Waals surface area (Å²) in [5, 5.41) is 1.35. The molecule has 5 nitrogen and oxygen atoms in total. The van der Waals surface area contributed by atoms with Crippen LogP contribution in [-0.2, 0) is 4.79 Å². The van der Waals surface area contributed by atoms with Crippen molar-refractivity contribution in [2.75, 3.05) is 44.9 Å². The number of methoxy groups -OCH3 is 1. The van der Waals surface area contributed by atoms with E-state index < -0.39 is 0 Å². The molecular formula is C23H29Cl2N3O2S2. The van der Waals surface area contributed by atoms with Crippen LogP contribution in [0.15, 0.2) is 47.4 Å². The van der Waals surface area contributed by atoms with Gasteiger partial charge in [0.15, 0.2) is 5.13 Å². The van der Waals surface area contributed by atoms with Gasteiger partial charge in [-0.15, -0.1) is 24.2 Å². The minimum absolute atomic E-state index is 0. The van der Waals surface area contributed by atoms with Gasteiger partial charge in [-0.1, -0.05) is 29.0 Å². The third-order valence-corrected chi connectivity index (χ3v) is 7.19. The molecule has 0 saturated heterocycles. The number of hydrogen-bond acceptors (Lipinski definition) is 6. The first-order chi connectivity index (χ1) is 15.0. The van der Waals surface area contributed by atoms with Gasteiger partial charge in [0.1, 0.15) is 11.3 Å². The molecule has 0 atom stereocenters. The number of thioether (sulfide) groups is 1. The van der Waals surface area contributed by atoms with Crippen LogP contribution in [0, 0.1) is 0 Å². The highest BCUT2D eigenvalue weighted by atomic mass is 35.5. The highest BCUT2D eigenvalue weighted by Crippen LogP contribution is 2.33. The van der Waals surface area contributed by atoms with E-state index in [-0.39, 0.29) is 18.3 Å². The maximum atomic E-state index is 13.1. The maximum absolute atomic E-state index is 13.1. The molecule has 3 aromatic rings. The lowest BCUT2D eigenvalue weighted by atomic mass is 10.3. The number of carbonyl (C=O) groups is 1. The van der Waals surface area contributed by atoms with Crippen LogP contribution in [0.3, 0.4) is 0 Å². The zero-order chi connectivity index (χ0) is 22.2. The summed E-state index contributed by atoms with van der Waals surface area (Å²) in [6.07, 6.45) is 2.20. The number of carbonyl (C=O) groups excluding carboxylic acids is 1. The fourth-order valence-electron chi connectivity index (χ4n) is 3.11. The molecule has 0 aliphatic carbocycles. The quantitative estimate of drug-likeness (QED) is 0.224. The maximum Gasteiger partial charge on any atom is 0.228 e. The highest BCUT2D eigenvalue weighted by Gasteiger charge is 2.20. The van der Waals surface area contributed by atoms with Gasteiger partial charge < -0.3 is 9.64 Å². The lowest BCUT2D eigenvalue weighted by Gasteiger charge is -2.21. The van der Waals surface area contributed by atoms with E-state index in [1.807, 2.05) is 61.5 Å². The number of amides is 1. The molecule has 0 spiro atoms. The summed E-state index contributed by atoms with van der Waals surface area (Å²) in [7, 11) is 5.75. The second kappa shape index (κ2) is 13.3. The average molecular weight is 515 g/mol. The van der Waals surface area contributed by atoms with Crippen LogP contribution in [-0.4, -0.2) is 55.8 Å². The first-order valence-electron chi connectivity index (χ1n) is 10.2. The molecule has 1 amide bonds. The van der Waals surface area contributed by atoms with Crippen molar-refractivity contribution in [1.29, 1.82) is 0 Å². The number of benzene rings is 2. The first-order valence-corrected chi connectivity index (χ1v) is 12.4. The van der Waals surface area contributed by atoms with E-state index >= 15 is 0 Å². The number of ether oxygens (including phenoxy) is 1. The predicted molar refractivity (Wildman–Crippen MR) is 140 cm³/mol. The van der Waals surface area contributed by atoms with Crippen LogP contribution in [0.1, 0.15) is 19.3 Å². The zero-order valence-corrected chi connectivity index (χ0v) is 21.8. The Balaban J connectivity index is 0.00000363. The number of nitrogens with zero attached hydrogens (tertiary/aromatic N) is 3. The lowest BCUT2D eigenvalue weighted by Crippen LogP contribution is -2.33. The molecule has 1 aromatic heterocycles. The van der Waals surface area contributed by atoms with Gasteiger partial charge in [0, 0.05) is 17.9 Å². The monoisotopic (exact) mass is 513 g/mol. The summed E-state index contributed by atoms with van der Waals surface area (Å²) >= 11 is 9.58. The van der Waals surface area contributed by atoms with Crippen molar-refractivity contribution in [2.24, 2.45) is 0 Å². The minimum Gasteiger partial charge on any atom is -0.497 e. The summed E-state index contributed by atoms with van der Waals surface area (Å²) in [6, 6.07) is 13.8. The van der Waals surface area contributed by atoms with Gasteiger partial charge in [-0.05, 0) is 75.6 Å². The van der Waals surface area contributed by atoms with Crippen LogP contribution in [0.2, 0.25) is 5.02 Å². The van der Waals surface area contributed by atoms with Gasteiger partial charge >= 0.3 is 0 Å². The van der Waals surface area contributed by atoms with E-state index in [2.05, 4.69) is 9.88 Å². The van der Waals surface area contributed by atoms with Crippen molar-refractivity contribution in [3.05, 3.63) is 47.5 Å². The Morgan fingerprint density at radius 3 is 2.53 bits per heavy atom. The van der Waals surface area contributed by atoms with E-state index in [1.165, 1.54) is 16.2 Å². The molecule has 0 aliphatic heterocycles. The summed E-state index contributed by atoms with van der Waals surface area (Å²) in [5.41, 5.74) is 0.768. The first kappa shape index (κ1) is 26.7. The molecular weight excluding hydrogens is 485 g/mol. The second-order valence-corrected chi connectivity index (χ2v) is 10.00. The molecule has 0 unspecified atom stereocenters. The number of hydrogen-bond donors (Lipinski definition) is 0. The fraction of sp³-hybridized carbons (Fsp3) is 0.391. The number of halogens is 2. The molecule has 0 fully saturated rings. The fourth-order valence-corrected chi connectivity index (χ4v) is 5.27. The summed E-state index contributed by atoms with van der Waals surface area (Å²) in [6.45, 7) is 1.57. The molecule has 0 N–H and O–H groups in total. The number of aromatic nitrogens is 1. The van der Waals surface area contributed by atoms with E-state index in [9.17, 15) is 4.79 Å². The van der Waals surface area contributed by atoms with Crippen molar-refractivity contribution >= 4 is 68.4 Å². The summed E-state index contributed by atoms with van der Waals surface area (Å²) < 4.78 is 6.20. The van der Waals surface area contributed by atoms with Gasteiger partial charge in [0.05, 0.1) is 16.8 Å². The van der Waals surface area contributed by atoms with Gasteiger partial charge in [-0.2, -0.15) is 0 Å². The topological polar surface area (TPSA) is 45.7 Å². The van der Waals surface area contributed by atoms with E-state index in [1.54, 1.807) is 18.9 Å². The van der Waals surface area contributed by atoms with Crippen molar-refractivity contribution < 1.29 is 9.53 Å². The molecule has 0 radical (unpaired) electrons. The largest absolute Gasteiger partial charge is 0.497 e. The summed E-state index contributed by atoms with van der Waals surface area (Å²) in [5.74, 6) is 1.85. The van der Waals surface area contributed by atoms with E-state index in [4.69, 9.17) is 16.3 Å². The molecule has 0 bridgehead atoms. The number of rotatable bonds is 11. The molecule has 1 heterocycles. The van der Waals surface area contributed by atoms with Gasteiger partial charge in [-0.3, -0.25) is 9.69 Å². The Hall–Kier alpha value is -1.51. The number of fused-ring (bicyclic) bond motifs is 1. The van der Waals surface area contributed by atoms with Crippen LogP contribution in [0.4, 0.5) is 5.13 Å². The number of thiazole rings is 1. The molecule has 0 saturated carbocycles. The molecule has 32 heavy (non-hydrogen) atoms. The average Bonchev–Trinajstić information content (AvgIpc) is 3.19. The van der Waals surface area contributed by atoms with Gasteiger partial charge in [0.2, 0.25) is 5.91 Å². The van der Waals surface area contributed by atoms with Crippen LogP contribution in [0.5, 0.6) is 5.75 Å². The van der Waals surface area contributed by atoms with Crippen molar-refractivity contribution in [3.8, 4) is 5.75 Å². The Labute approximate surface area is 209 Å². The predicted octanol–water partition coefficient (Wildman–Crippen LogP) is 6.24. The number of anilines is 1. The van der Waals surface area contributed by atoms with Crippen molar-refractivity contribution in [1.82, 2.24) is 9.88 Å². The minimum atomic E-state index is 0. The van der Waals surface area contributed by atoms with E-state index in [0.29, 0.717) is 18.0 Å². The lowest BCUT2D eigenvalue weighted by molar-refractivity contribution is -0.118. The molecule has 0 aliphatic rings. The van der Waals surface area contributed by atoms with Crippen LogP contribution in [0.25, 0.3) is 10.2 Å². The van der Waals surface area contributed by atoms with Crippen LogP contribution < -0.4 is 9.64 Å². The van der Waals surface area contributed by atoms with E-state index in [0.717, 1.165) is 46.2 Å². The van der Waals surface area contributed by atoms with Gasteiger partial charge in [-0.25, -0.2) is 4.98 Å². The normalized spacial score (nSPS) is 10.9. The van der Waals surface area contributed by atoms with Gasteiger partial charge in [0.25, 0.3) is 0 Å². The zero-order valence-electron chi connectivity index (χ0n) is 18.5. The Kier molecular flexibility index (Phi) is 11.1. The molecule has 174 valence electrons. The molecule has 9 heteroatoms. The highest BCUT2D eigenvalue weighted by molar-refractivity contribution is 7.99. The van der Waals surface area contributed by atoms with Crippen molar-refractivity contribution in [3.63, 3.8) is 0 Å². The Morgan fingerprint density at radius 2 is 1.88 bits per heavy atom. The molecule has 2 aromatic carbocycles. The number of para-hydroxylation sites is 1. The Morgan fingerprint density at radius 1 is 1.12 bits per heavy atom.